The highest BCUT2D eigenvalue weighted by molar-refractivity contribution is 5.97. The third kappa shape index (κ3) is 6.13. The third-order valence-corrected chi connectivity index (χ3v) is 6.98. The Balaban J connectivity index is 1.63. The summed E-state index contributed by atoms with van der Waals surface area (Å²) < 4.78 is 16.7. The van der Waals surface area contributed by atoms with E-state index < -0.39 is 46.8 Å². The van der Waals surface area contributed by atoms with Crippen molar-refractivity contribution in [2.45, 2.75) is 44.9 Å². The van der Waals surface area contributed by atoms with E-state index in [4.69, 9.17) is 0 Å². The van der Waals surface area contributed by atoms with Gasteiger partial charge in [-0.2, -0.15) is 0 Å². The number of carboxylic acids is 1. The highest BCUT2D eigenvalue weighted by Gasteiger charge is 2.28. The Morgan fingerprint density at radius 3 is 2.54 bits per heavy atom. The van der Waals surface area contributed by atoms with Gasteiger partial charge in [0.05, 0.1) is 28.3 Å². The minimum Gasteiger partial charge on any atom is -0.507 e. The molecule has 0 saturated carbocycles. The number of benzene rings is 2. The van der Waals surface area contributed by atoms with Crippen LogP contribution in [0.15, 0.2) is 69.5 Å². The van der Waals surface area contributed by atoms with E-state index >= 15 is 0 Å². The van der Waals surface area contributed by atoms with Gasteiger partial charge in [-0.05, 0) is 55.3 Å². The van der Waals surface area contributed by atoms with Crippen molar-refractivity contribution >= 4 is 22.8 Å². The highest BCUT2D eigenvalue weighted by Crippen LogP contribution is 2.20. The lowest BCUT2D eigenvalue weighted by molar-refractivity contribution is -0.141. The molecule has 2 unspecified atom stereocenters. The van der Waals surface area contributed by atoms with Crippen LogP contribution in [0.5, 0.6) is 0 Å². The van der Waals surface area contributed by atoms with Crippen LogP contribution in [0.2, 0.25) is 0 Å². The molecule has 0 radical (unpaired) electrons. The van der Waals surface area contributed by atoms with Gasteiger partial charge in [-0.25, -0.2) is 18.5 Å². The lowest BCUT2D eigenvalue weighted by Gasteiger charge is -2.19. The van der Waals surface area contributed by atoms with Crippen LogP contribution in [0, 0.1) is 5.82 Å². The van der Waals surface area contributed by atoms with Crippen molar-refractivity contribution in [1.82, 2.24) is 19.8 Å². The molecule has 1 aliphatic rings. The zero-order chi connectivity index (χ0) is 29.8. The Morgan fingerprint density at radius 2 is 1.88 bits per heavy atom. The van der Waals surface area contributed by atoms with Gasteiger partial charge in [0.25, 0.3) is 11.5 Å². The maximum atomic E-state index is 14.6. The van der Waals surface area contributed by atoms with Gasteiger partial charge in [-0.15, -0.1) is 0 Å². The van der Waals surface area contributed by atoms with Gasteiger partial charge in [-0.1, -0.05) is 25.1 Å². The first-order chi connectivity index (χ1) is 19.5. The molecule has 2 aromatic carbocycles. The Morgan fingerprint density at radius 1 is 1.17 bits per heavy atom. The second kappa shape index (κ2) is 12.3. The van der Waals surface area contributed by atoms with Gasteiger partial charge in [0.15, 0.2) is 0 Å². The molecule has 3 aromatic rings. The van der Waals surface area contributed by atoms with Crippen molar-refractivity contribution in [3.05, 3.63) is 97.7 Å². The number of aliphatic hydroxyl groups excluding tert-OH is 2. The van der Waals surface area contributed by atoms with Crippen LogP contribution in [-0.4, -0.2) is 55.0 Å². The summed E-state index contributed by atoms with van der Waals surface area (Å²) in [6.07, 6.45) is 2.12. The summed E-state index contributed by atoms with van der Waals surface area (Å²) in [5.74, 6) is -3.20. The van der Waals surface area contributed by atoms with Crippen LogP contribution in [-0.2, 0) is 29.6 Å². The summed E-state index contributed by atoms with van der Waals surface area (Å²) in [7, 11) is 1.44. The number of amides is 1. The molecular weight excluding hydrogens is 535 g/mol. The average Bonchev–Trinajstić information content (AvgIpc) is 3.10. The molecular formula is C29H31FN4O7. The molecule has 0 spiro atoms. The van der Waals surface area contributed by atoms with E-state index in [2.05, 4.69) is 10.6 Å². The molecule has 4 rings (SSSR count). The molecule has 12 heteroatoms. The number of carboxylic acid groups (broad SMARTS) is 1. The number of aliphatic hydroxyl groups is 2. The number of nitrogens with one attached hydrogen (secondary N) is 2. The van der Waals surface area contributed by atoms with E-state index in [1.54, 1.807) is 6.08 Å². The Kier molecular flexibility index (Phi) is 8.84. The lowest BCUT2D eigenvalue weighted by atomic mass is 10.0. The van der Waals surface area contributed by atoms with Gasteiger partial charge < -0.3 is 26.0 Å². The normalized spacial score (nSPS) is 16.0. The van der Waals surface area contributed by atoms with Crippen molar-refractivity contribution < 1.29 is 29.3 Å². The van der Waals surface area contributed by atoms with Crippen molar-refractivity contribution in [3.63, 3.8) is 0 Å². The average molecular weight is 567 g/mol. The van der Waals surface area contributed by atoms with Crippen LogP contribution in [0.1, 0.15) is 30.9 Å². The number of hydrogen-bond acceptors (Lipinski definition) is 7. The first-order valence-electron chi connectivity index (χ1n) is 13.1. The number of aliphatic carboxylic acids is 1. The van der Waals surface area contributed by atoms with Gasteiger partial charge in [0.1, 0.15) is 17.6 Å². The van der Waals surface area contributed by atoms with Gasteiger partial charge in [-0.3, -0.25) is 14.2 Å². The zero-order valence-corrected chi connectivity index (χ0v) is 22.6. The number of allylic oxidation sites excluding steroid dienone is 2. The number of carbonyl (C=O) groups excluding carboxylic acids is 1. The summed E-state index contributed by atoms with van der Waals surface area (Å²) >= 11 is 0. The van der Waals surface area contributed by atoms with Crippen molar-refractivity contribution in [2.75, 3.05) is 6.54 Å². The number of halogens is 1. The first kappa shape index (κ1) is 29.4. The number of carbonyl (C=O) groups is 2. The third-order valence-electron chi connectivity index (χ3n) is 6.98. The van der Waals surface area contributed by atoms with Crippen LogP contribution < -0.4 is 21.9 Å². The van der Waals surface area contributed by atoms with Crippen molar-refractivity contribution in [1.29, 1.82) is 0 Å². The number of nitrogens with zero attached hydrogens (tertiary/aromatic N) is 2. The number of fused-ring (bicyclic) bond motifs is 1. The quantitative estimate of drug-likeness (QED) is 0.261. The Labute approximate surface area is 233 Å². The minimum atomic E-state index is -1.39. The van der Waals surface area contributed by atoms with Crippen LogP contribution in [0.3, 0.4) is 0 Å². The zero-order valence-electron chi connectivity index (χ0n) is 22.6. The monoisotopic (exact) mass is 566 g/mol. The molecule has 0 fully saturated rings. The van der Waals surface area contributed by atoms with E-state index in [0.717, 1.165) is 4.57 Å². The van der Waals surface area contributed by atoms with E-state index in [1.165, 1.54) is 54.1 Å². The molecule has 216 valence electrons. The number of aromatic nitrogens is 2. The largest absolute Gasteiger partial charge is 0.507 e. The topological polar surface area (TPSA) is 163 Å². The fourth-order valence-corrected chi connectivity index (χ4v) is 4.71. The lowest BCUT2D eigenvalue weighted by Crippen LogP contribution is -2.44. The second-order valence-corrected chi connectivity index (χ2v) is 9.75. The predicted octanol–water partition coefficient (Wildman–Crippen LogP) is 1.57. The molecule has 0 bridgehead atoms. The summed E-state index contributed by atoms with van der Waals surface area (Å²) in [5, 5.41) is 35.6. The van der Waals surface area contributed by atoms with Crippen LogP contribution in [0.4, 0.5) is 4.39 Å². The summed E-state index contributed by atoms with van der Waals surface area (Å²) in [6.45, 7) is 2.69. The van der Waals surface area contributed by atoms with E-state index in [1.807, 2.05) is 6.92 Å². The molecule has 1 amide bonds. The molecule has 5 N–H and O–H groups in total. The predicted molar refractivity (Wildman–Crippen MR) is 149 cm³/mol. The molecule has 1 aromatic heterocycles. The standard InChI is InChI=1S/C29H31FN4O7/c1-3-31-15-17-13-19-22(14-20(17)30)33(2)29(41)34(27(19)38)18-10-8-16(9-11-18)12-21(28(39)40)32-26(37)25-23(35)6-4-5-7-24(25)36/h4,6,8-11,13-14,21,24,31,35-36H,3,5,7,12,15H2,1-2H3,(H,32,37)(H,39,40). The van der Waals surface area contributed by atoms with Crippen LogP contribution >= 0.6 is 0 Å². The molecule has 0 aliphatic heterocycles. The molecule has 1 heterocycles. The summed E-state index contributed by atoms with van der Waals surface area (Å²) in [4.78, 5) is 51.1. The van der Waals surface area contributed by atoms with Crippen molar-refractivity contribution in [2.24, 2.45) is 7.05 Å². The maximum absolute atomic E-state index is 14.6. The van der Waals surface area contributed by atoms with E-state index in [0.29, 0.717) is 18.5 Å². The van der Waals surface area contributed by atoms with E-state index in [-0.39, 0.29) is 47.1 Å². The van der Waals surface area contributed by atoms with Crippen LogP contribution in [0.25, 0.3) is 16.6 Å². The highest BCUT2D eigenvalue weighted by atomic mass is 19.1. The van der Waals surface area contributed by atoms with Gasteiger partial charge in [0, 0.05) is 25.6 Å². The molecule has 2 atom stereocenters. The smallest absolute Gasteiger partial charge is 0.335 e. The second-order valence-electron chi connectivity index (χ2n) is 9.75. The number of hydrogen-bond donors (Lipinski definition) is 5. The maximum Gasteiger partial charge on any atom is 0.335 e. The summed E-state index contributed by atoms with van der Waals surface area (Å²) in [6, 6.07) is 7.19. The van der Waals surface area contributed by atoms with E-state index in [9.17, 15) is 38.9 Å². The fraction of sp³-hybridized carbons (Fsp3) is 0.310. The SMILES string of the molecule is CCNCc1cc2c(=O)n(-c3ccc(CC(NC(=O)C4=C(O)C=CCCC4O)C(=O)O)cc3)c(=O)n(C)c2cc1F. The Hall–Kier alpha value is -4.55. The molecule has 11 nitrogen and oxygen atoms in total. The van der Waals surface area contributed by atoms with Gasteiger partial charge in [0.2, 0.25) is 0 Å². The Bertz CT molecular complexity index is 1670. The fourth-order valence-electron chi connectivity index (χ4n) is 4.71. The van der Waals surface area contributed by atoms with Gasteiger partial charge >= 0.3 is 11.7 Å². The molecule has 41 heavy (non-hydrogen) atoms. The summed E-state index contributed by atoms with van der Waals surface area (Å²) in [5.41, 5.74) is -0.487. The number of aryl methyl sites for hydroxylation is 1. The molecule has 1 aliphatic carbocycles. The number of rotatable bonds is 9. The molecule has 0 saturated heterocycles. The first-order valence-corrected chi connectivity index (χ1v) is 13.1. The van der Waals surface area contributed by atoms with Crippen molar-refractivity contribution in [3.8, 4) is 5.69 Å². The minimum absolute atomic E-state index is 0.154.